The Morgan fingerprint density at radius 3 is 2.79 bits per heavy atom. The van der Waals surface area contributed by atoms with Crippen molar-refractivity contribution in [2.75, 3.05) is 10.7 Å². The summed E-state index contributed by atoms with van der Waals surface area (Å²) < 4.78 is 0. The number of hydrogen-bond acceptors (Lipinski definition) is 7. The molecule has 0 bridgehead atoms. The number of piperidine rings is 1. The SMILES string of the molecule is CCc1c(NN)ncnc1NC1CCC(=O)NC1=O. The van der Waals surface area contributed by atoms with Crippen molar-refractivity contribution in [3.63, 3.8) is 0 Å². The number of nitrogens with one attached hydrogen (secondary N) is 3. The van der Waals surface area contributed by atoms with Crippen LogP contribution in [0, 0.1) is 0 Å². The van der Waals surface area contributed by atoms with Crippen LogP contribution < -0.4 is 21.9 Å². The molecule has 19 heavy (non-hydrogen) atoms. The van der Waals surface area contributed by atoms with Crippen LogP contribution >= 0.6 is 0 Å². The second kappa shape index (κ2) is 5.61. The Labute approximate surface area is 110 Å². The Morgan fingerprint density at radius 2 is 2.16 bits per heavy atom. The van der Waals surface area contributed by atoms with Crippen LogP contribution in [-0.4, -0.2) is 27.8 Å². The maximum Gasteiger partial charge on any atom is 0.249 e. The van der Waals surface area contributed by atoms with E-state index in [1.54, 1.807) is 0 Å². The number of amides is 2. The van der Waals surface area contributed by atoms with E-state index in [1.807, 2.05) is 6.92 Å². The molecule has 1 aromatic heterocycles. The van der Waals surface area contributed by atoms with Gasteiger partial charge in [0.15, 0.2) is 0 Å². The highest BCUT2D eigenvalue weighted by atomic mass is 16.2. The highest BCUT2D eigenvalue weighted by molar-refractivity contribution is 6.01. The minimum absolute atomic E-state index is 0.245. The molecule has 5 N–H and O–H groups in total. The molecule has 0 saturated carbocycles. The molecule has 8 nitrogen and oxygen atoms in total. The summed E-state index contributed by atoms with van der Waals surface area (Å²) in [5.74, 6) is 5.88. The Morgan fingerprint density at radius 1 is 1.42 bits per heavy atom. The van der Waals surface area contributed by atoms with Crippen molar-refractivity contribution in [3.05, 3.63) is 11.9 Å². The molecule has 0 spiro atoms. The van der Waals surface area contributed by atoms with Gasteiger partial charge in [-0.3, -0.25) is 14.9 Å². The van der Waals surface area contributed by atoms with Crippen LogP contribution in [0.2, 0.25) is 0 Å². The first-order valence-corrected chi connectivity index (χ1v) is 6.06. The zero-order valence-corrected chi connectivity index (χ0v) is 10.6. The van der Waals surface area contributed by atoms with E-state index < -0.39 is 6.04 Å². The quantitative estimate of drug-likeness (QED) is 0.330. The molecular formula is C11H16N6O2. The summed E-state index contributed by atoms with van der Waals surface area (Å²) in [5, 5.41) is 5.33. The molecule has 8 heteroatoms. The lowest BCUT2D eigenvalue weighted by Gasteiger charge is -2.23. The minimum Gasteiger partial charge on any atom is -0.358 e. The van der Waals surface area contributed by atoms with Gasteiger partial charge in [-0.25, -0.2) is 15.8 Å². The number of carbonyl (C=O) groups excluding carboxylic acids is 2. The highest BCUT2D eigenvalue weighted by Gasteiger charge is 2.27. The fraction of sp³-hybridized carbons (Fsp3) is 0.455. The summed E-state index contributed by atoms with van der Waals surface area (Å²) in [7, 11) is 0. The van der Waals surface area contributed by atoms with Crippen molar-refractivity contribution < 1.29 is 9.59 Å². The average Bonchev–Trinajstić information content (AvgIpc) is 2.41. The predicted molar refractivity (Wildman–Crippen MR) is 69.0 cm³/mol. The molecule has 1 aliphatic rings. The molecule has 0 aromatic carbocycles. The van der Waals surface area contributed by atoms with E-state index in [9.17, 15) is 9.59 Å². The summed E-state index contributed by atoms with van der Waals surface area (Å²) >= 11 is 0. The number of rotatable bonds is 4. The second-order valence-corrected chi connectivity index (χ2v) is 4.20. The molecule has 1 saturated heterocycles. The van der Waals surface area contributed by atoms with Gasteiger partial charge in [-0.05, 0) is 12.8 Å². The van der Waals surface area contributed by atoms with Crippen molar-refractivity contribution in [3.8, 4) is 0 Å². The van der Waals surface area contributed by atoms with Crippen molar-refractivity contribution >= 4 is 23.5 Å². The Kier molecular flexibility index (Phi) is 3.91. The molecule has 1 unspecified atom stereocenters. The monoisotopic (exact) mass is 264 g/mol. The first-order chi connectivity index (χ1) is 9.15. The number of hydrazine groups is 1. The molecule has 0 radical (unpaired) electrons. The topological polar surface area (TPSA) is 122 Å². The van der Waals surface area contributed by atoms with E-state index >= 15 is 0 Å². The molecule has 102 valence electrons. The molecule has 1 aromatic rings. The lowest BCUT2D eigenvalue weighted by Crippen LogP contribution is -2.47. The fourth-order valence-electron chi connectivity index (χ4n) is 1.99. The summed E-state index contributed by atoms with van der Waals surface area (Å²) in [6, 6.07) is -0.469. The third-order valence-electron chi connectivity index (χ3n) is 2.99. The van der Waals surface area contributed by atoms with Gasteiger partial charge in [0.05, 0.1) is 0 Å². The van der Waals surface area contributed by atoms with Crippen LogP contribution in [0.4, 0.5) is 11.6 Å². The number of aromatic nitrogens is 2. The van der Waals surface area contributed by atoms with Gasteiger partial charge in [-0.2, -0.15) is 0 Å². The van der Waals surface area contributed by atoms with Crippen molar-refractivity contribution in [1.82, 2.24) is 15.3 Å². The Balaban J connectivity index is 2.19. The summed E-state index contributed by atoms with van der Waals surface area (Å²) in [6.45, 7) is 1.94. The molecular weight excluding hydrogens is 248 g/mol. The summed E-state index contributed by atoms with van der Waals surface area (Å²) in [5.41, 5.74) is 3.30. The van der Waals surface area contributed by atoms with Crippen LogP contribution in [0.1, 0.15) is 25.3 Å². The van der Waals surface area contributed by atoms with Gasteiger partial charge in [-0.15, -0.1) is 0 Å². The number of anilines is 2. The predicted octanol–water partition coefficient (Wildman–Crippen LogP) is -0.458. The third-order valence-corrected chi connectivity index (χ3v) is 2.99. The van der Waals surface area contributed by atoms with Gasteiger partial charge in [0, 0.05) is 12.0 Å². The van der Waals surface area contributed by atoms with E-state index in [-0.39, 0.29) is 11.8 Å². The second-order valence-electron chi connectivity index (χ2n) is 4.20. The smallest absolute Gasteiger partial charge is 0.249 e. The third kappa shape index (κ3) is 2.79. The first-order valence-electron chi connectivity index (χ1n) is 6.06. The molecule has 0 aliphatic carbocycles. The normalized spacial score (nSPS) is 18.9. The van der Waals surface area contributed by atoms with Crippen LogP contribution in [0.5, 0.6) is 0 Å². The standard InChI is InChI=1S/C11H16N6O2/c1-2-6-9(13-5-14-10(6)17-12)15-7-3-4-8(18)16-11(7)19/h5,7H,2-4,12H2,1H3,(H,16,18,19)(H2,13,14,15,17). The van der Waals surface area contributed by atoms with E-state index in [1.165, 1.54) is 6.33 Å². The number of imide groups is 1. The van der Waals surface area contributed by atoms with Crippen LogP contribution in [0.25, 0.3) is 0 Å². The number of nitrogen functional groups attached to an aromatic ring is 1. The number of nitrogens with two attached hydrogens (primary N) is 1. The molecule has 2 rings (SSSR count). The van der Waals surface area contributed by atoms with E-state index in [4.69, 9.17) is 5.84 Å². The Bertz CT molecular complexity index is 504. The number of nitrogens with zero attached hydrogens (tertiary/aromatic N) is 2. The first kappa shape index (κ1) is 13.2. The van der Waals surface area contributed by atoms with Gasteiger partial charge in [0.2, 0.25) is 11.8 Å². The van der Waals surface area contributed by atoms with E-state index in [0.29, 0.717) is 30.9 Å². The van der Waals surface area contributed by atoms with Gasteiger partial charge >= 0.3 is 0 Å². The van der Waals surface area contributed by atoms with Gasteiger partial charge in [-0.1, -0.05) is 6.92 Å². The van der Waals surface area contributed by atoms with Gasteiger partial charge in [0.1, 0.15) is 24.0 Å². The lowest BCUT2D eigenvalue weighted by molar-refractivity contribution is -0.133. The molecule has 1 atom stereocenters. The maximum atomic E-state index is 11.7. The van der Waals surface area contributed by atoms with E-state index in [2.05, 4.69) is 26.0 Å². The number of hydrogen-bond donors (Lipinski definition) is 4. The van der Waals surface area contributed by atoms with Gasteiger partial charge in [0.25, 0.3) is 0 Å². The highest BCUT2D eigenvalue weighted by Crippen LogP contribution is 2.21. The lowest BCUT2D eigenvalue weighted by atomic mass is 10.1. The molecule has 1 aliphatic heterocycles. The average molecular weight is 264 g/mol. The molecule has 2 heterocycles. The maximum absolute atomic E-state index is 11.7. The van der Waals surface area contributed by atoms with Crippen molar-refractivity contribution in [1.29, 1.82) is 0 Å². The summed E-state index contributed by atoms with van der Waals surface area (Å²) in [4.78, 5) is 30.9. The van der Waals surface area contributed by atoms with Gasteiger partial charge < -0.3 is 10.7 Å². The molecule has 2 amide bonds. The van der Waals surface area contributed by atoms with Crippen molar-refractivity contribution in [2.45, 2.75) is 32.2 Å². The van der Waals surface area contributed by atoms with Crippen LogP contribution in [-0.2, 0) is 16.0 Å². The molecule has 1 fully saturated rings. The summed E-state index contributed by atoms with van der Waals surface area (Å²) in [6.07, 6.45) is 2.79. The minimum atomic E-state index is -0.469. The largest absolute Gasteiger partial charge is 0.358 e. The Hall–Kier alpha value is -2.22. The fourth-order valence-corrected chi connectivity index (χ4v) is 1.99. The van der Waals surface area contributed by atoms with Crippen LogP contribution in [0.15, 0.2) is 6.33 Å². The zero-order valence-electron chi connectivity index (χ0n) is 10.6. The van der Waals surface area contributed by atoms with Crippen molar-refractivity contribution in [2.24, 2.45) is 5.84 Å². The number of carbonyl (C=O) groups is 2. The van der Waals surface area contributed by atoms with E-state index in [0.717, 1.165) is 5.56 Å². The van der Waals surface area contributed by atoms with Crippen LogP contribution in [0.3, 0.4) is 0 Å². The zero-order chi connectivity index (χ0) is 13.8.